The van der Waals surface area contributed by atoms with E-state index in [9.17, 15) is 13.2 Å². The first kappa shape index (κ1) is 17.2. The number of carbonyl (C=O) groups is 1. The molecule has 0 bridgehead atoms. The third kappa shape index (κ3) is 3.91. The van der Waals surface area contributed by atoms with Gasteiger partial charge in [-0.1, -0.05) is 42.5 Å². The second-order valence-electron chi connectivity index (χ2n) is 6.21. The maximum atomic E-state index is 11.9. The number of nitrogens with one attached hydrogen (secondary N) is 2. The van der Waals surface area contributed by atoms with Crippen LogP contribution in [0.3, 0.4) is 0 Å². The molecule has 2 aromatic carbocycles. The normalized spacial score (nSPS) is 17.5. The van der Waals surface area contributed by atoms with Crippen LogP contribution in [0, 0.1) is 0 Å². The fraction of sp³-hybridized carbons (Fsp3) is 0.211. The quantitative estimate of drug-likeness (QED) is 0.827. The molecular weight excluding hydrogens is 336 g/mol. The standard InChI is InChI=1S/C19H20N2O3S/c1-13-12-18(22)21-16-8-5-7-15(19(16)20-13)11-10-14-6-3-4-9-17(14)25(2,23)24/h3-11,13,20H,12H2,1-2H3,(H,21,22)/b11-10+/t13-/m1/s1. The molecule has 0 saturated heterocycles. The van der Waals surface area contributed by atoms with E-state index in [0.29, 0.717) is 16.9 Å². The number of rotatable bonds is 3. The average Bonchev–Trinajstić information content (AvgIpc) is 2.69. The van der Waals surface area contributed by atoms with Gasteiger partial charge in [-0.15, -0.1) is 0 Å². The number of carbonyl (C=O) groups excluding carboxylic acids is 1. The fourth-order valence-corrected chi connectivity index (χ4v) is 3.78. The Labute approximate surface area is 147 Å². The zero-order chi connectivity index (χ0) is 18.0. The molecule has 2 N–H and O–H groups in total. The molecule has 0 spiro atoms. The maximum Gasteiger partial charge on any atom is 0.226 e. The summed E-state index contributed by atoms with van der Waals surface area (Å²) in [5, 5.41) is 6.25. The van der Waals surface area contributed by atoms with Crippen LogP contribution in [0.1, 0.15) is 24.5 Å². The van der Waals surface area contributed by atoms with Gasteiger partial charge in [-0.2, -0.15) is 0 Å². The van der Waals surface area contributed by atoms with E-state index in [0.717, 1.165) is 16.9 Å². The molecule has 3 rings (SSSR count). The Balaban J connectivity index is 2.02. The van der Waals surface area contributed by atoms with Gasteiger partial charge in [0.1, 0.15) is 0 Å². The van der Waals surface area contributed by atoms with E-state index in [1.54, 1.807) is 30.3 Å². The van der Waals surface area contributed by atoms with Crippen LogP contribution in [0.25, 0.3) is 12.2 Å². The molecule has 6 heteroatoms. The van der Waals surface area contributed by atoms with E-state index in [1.165, 1.54) is 6.26 Å². The van der Waals surface area contributed by atoms with Gasteiger partial charge in [-0.25, -0.2) is 8.42 Å². The van der Waals surface area contributed by atoms with Gasteiger partial charge in [0.2, 0.25) is 5.91 Å². The van der Waals surface area contributed by atoms with Crippen LogP contribution in [0.5, 0.6) is 0 Å². The van der Waals surface area contributed by atoms with Crippen molar-refractivity contribution >= 4 is 39.3 Å². The Kier molecular flexibility index (Phi) is 4.63. The van der Waals surface area contributed by atoms with Crippen LogP contribution < -0.4 is 10.6 Å². The summed E-state index contributed by atoms with van der Waals surface area (Å²) >= 11 is 0. The molecule has 1 heterocycles. The molecule has 1 aliphatic heterocycles. The Bertz CT molecular complexity index is 949. The molecule has 25 heavy (non-hydrogen) atoms. The van der Waals surface area contributed by atoms with Crippen molar-refractivity contribution in [3.63, 3.8) is 0 Å². The lowest BCUT2D eigenvalue weighted by Gasteiger charge is -2.14. The first-order valence-corrected chi connectivity index (χ1v) is 9.90. The van der Waals surface area contributed by atoms with Crippen LogP contribution in [0.15, 0.2) is 47.4 Å². The predicted octanol–water partition coefficient (Wildman–Crippen LogP) is 3.40. The molecule has 5 nitrogen and oxygen atoms in total. The summed E-state index contributed by atoms with van der Waals surface area (Å²) in [6.07, 6.45) is 5.24. The van der Waals surface area contributed by atoms with Gasteiger partial charge in [-0.3, -0.25) is 4.79 Å². The monoisotopic (exact) mass is 356 g/mol. The number of fused-ring (bicyclic) bond motifs is 1. The minimum Gasteiger partial charge on any atom is -0.380 e. The molecular formula is C19H20N2O3S. The van der Waals surface area contributed by atoms with Gasteiger partial charge in [0.25, 0.3) is 0 Å². The molecule has 0 fully saturated rings. The third-order valence-electron chi connectivity index (χ3n) is 4.01. The molecule has 1 aliphatic rings. The summed E-state index contributed by atoms with van der Waals surface area (Å²) in [7, 11) is -3.30. The Morgan fingerprint density at radius 1 is 1.04 bits per heavy atom. The molecule has 0 unspecified atom stereocenters. The molecule has 2 aromatic rings. The molecule has 0 aromatic heterocycles. The molecule has 1 atom stereocenters. The van der Waals surface area contributed by atoms with E-state index in [-0.39, 0.29) is 11.9 Å². The smallest absolute Gasteiger partial charge is 0.226 e. The van der Waals surface area contributed by atoms with Crippen molar-refractivity contribution < 1.29 is 13.2 Å². The Morgan fingerprint density at radius 2 is 1.72 bits per heavy atom. The predicted molar refractivity (Wildman–Crippen MR) is 101 cm³/mol. The van der Waals surface area contributed by atoms with Crippen molar-refractivity contribution in [2.24, 2.45) is 0 Å². The largest absolute Gasteiger partial charge is 0.380 e. The van der Waals surface area contributed by atoms with Crippen molar-refractivity contribution in [2.45, 2.75) is 24.3 Å². The van der Waals surface area contributed by atoms with Crippen molar-refractivity contribution in [1.29, 1.82) is 0 Å². The highest BCUT2D eigenvalue weighted by molar-refractivity contribution is 7.90. The number of amides is 1. The lowest BCUT2D eigenvalue weighted by molar-refractivity contribution is -0.116. The van der Waals surface area contributed by atoms with Gasteiger partial charge in [0.15, 0.2) is 9.84 Å². The Morgan fingerprint density at radius 3 is 2.48 bits per heavy atom. The van der Waals surface area contributed by atoms with E-state index in [1.807, 2.05) is 31.2 Å². The number of hydrogen-bond donors (Lipinski definition) is 2. The minimum atomic E-state index is -3.30. The van der Waals surface area contributed by atoms with Crippen molar-refractivity contribution in [1.82, 2.24) is 0 Å². The van der Waals surface area contributed by atoms with Gasteiger partial charge in [0, 0.05) is 18.7 Å². The van der Waals surface area contributed by atoms with E-state index in [2.05, 4.69) is 10.6 Å². The summed E-state index contributed by atoms with van der Waals surface area (Å²) in [6, 6.07) is 12.5. The van der Waals surface area contributed by atoms with Gasteiger partial charge in [0.05, 0.1) is 16.3 Å². The second-order valence-corrected chi connectivity index (χ2v) is 8.19. The number of sulfone groups is 1. The van der Waals surface area contributed by atoms with Crippen LogP contribution in [-0.2, 0) is 14.6 Å². The summed E-state index contributed by atoms with van der Waals surface area (Å²) in [5.74, 6) is -0.0256. The molecule has 0 saturated carbocycles. The van der Waals surface area contributed by atoms with E-state index >= 15 is 0 Å². The summed E-state index contributed by atoms with van der Waals surface area (Å²) in [5.41, 5.74) is 3.09. The first-order valence-electron chi connectivity index (χ1n) is 8.01. The van der Waals surface area contributed by atoms with Gasteiger partial charge in [-0.05, 0) is 30.2 Å². The number of benzene rings is 2. The van der Waals surface area contributed by atoms with E-state index < -0.39 is 9.84 Å². The fourth-order valence-electron chi connectivity index (χ4n) is 2.89. The molecule has 1 amide bonds. The third-order valence-corrected chi connectivity index (χ3v) is 5.18. The highest BCUT2D eigenvalue weighted by Gasteiger charge is 2.19. The SMILES string of the molecule is C[C@@H]1CC(=O)Nc2cccc(/C=C/c3ccccc3S(C)(=O)=O)c2N1. The first-order chi connectivity index (χ1) is 11.8. The lowest BCUT2D eigenvalue weighted by atomic mass is 10.1. The van der Waals surface area contributed by atoms with Crippen molar-refractivity contribution in [3.05, 3.63) is 53.6 Å². The summed E-state index contributed by atoms with van der Waals surface area (Å²) < 4.78 is 23.9. The maximum absolute atomic E-state index is 11.9. The van der Waals surface area contributed by atoms with Crippen LogP contribution in [0.2, 0.25) is 0 Å². The lowest BCUT2D eigenvalue weighted by Crippen LogP contribution is -2.19. The van der Waals surface area contributed by atoms with Gasteiger partial charge >= 0.3 is 0 Å². The van der Waals surface area contributed by atoms with Crippen LogP contribution in [-0.4, -0.2) is 26.6 Å². The number of hydrogen-bond acceptors (Lipinski definition) is 4. The second kappa shape index (κ2) is 6.72. The molecule has 0 aliphatic carbocycles. The summed E-state index contributed by atoms with van der Waals surface area (Å²) in [4.78, 5) is 12.2. The highest BCUT2D eigenvalue weighted by Crippen LogP contribution is 2.31. The van der Waals surface area contributed by atoms with Gasteiger partial charge < -0.3 is 10.6 Å². The van der Waals surface area contributed by atoms with Crippen molar-refractivity contribution in [2.75, 3.05) is 16.9 Å². The van der Waals surface area contributed by atoms with Crippen LogP contribution >= 0.6 is 0 Å². The van der Waals surface area contributed by atoms with Crippen molar-refractivity contribution in [3.8, 4) is 0 Å². The minimum absolute atomic E-state index is 0.0131. The van der Waals surface area contributed by atoms with Crippen LogP contribution in [0.4, 0.5) is 11.4 Å². The molecule has 0 radical (unpaired) electrons. The molecule has 130 valence electrons. The Hall–Kier alpha value is -2.60. The number of anilines is 2. The average molecular weight is 356 g/mol. The summed E-state index contributed by atoms with van der Waals surface area (Å²) in [6.45, 7) is 1.95. The topological polar surface area (TPSA) is 75.3 Å². The zero-order valence-electron chi connectivity index (χ0n) is 14.1. The zero-order valence-corrected chi connectivity index (χ0v) is 14.9. The van der Waals surface area contributed by atoms with E-state index in [4.69, 9.17) is 0 Å². The number of para-hydroxylation sites is 1. The highest BCUT2D eigenvalue weighted by atomic mass is 32.2.